The zero-order chi connectivity index (χ0) is 47.0. The van der Waals surface area contributed by atoms with Crippen molar-refractivity contribution >= 4 is 0 Å². The average molecular weight is 873 g/mol. The molecule has 8 nitrogen and oxygen atoms in total. The van der Waals surface area contributed by atoms with Gasteiger partial charge in [-0.1, -0.05) is 123 Å². The van der Waals surface area contributed by atoms with E-state index in [2.05, 4.69) is 74.8 Å². The average Bonchev–Trinajstić information content (AvgIpc) is 3.28. The molecule has 344 valence electrons. The van der Waals surface area contributed by atoms with Crippen molar-refractivity contribution in [1.82, 2.24) is 0 Å². The minimum Gasteiger partial charge on any atom is -0.383 e. The van der Waals surface area contributed by atoms with Crippen LogP contribution in [0.3, 0.4) is 0 Å². The minimum absolute atomic E-state index is 0.195. The molecule has 0 bridgehead atoms. The Hall–Kier alpha value is -4.48. The summed E-state index contributed by atoms with van der Waals surface area (Å²) in [6.45, 7) is 32.0. The predicted molar refractivity (Wildman–Crippen MR) is 257 cm³/mol. The highest BCUT2D eigenvalue weighted by Gasteiger charge is 2.39. The molecule has 4 heterocycles. The van der Waals surface area contributed by atoms with Gasteiger partial charge in [0.15, 0.2) is 0 Å². The number of hydrogen-bond donors (Lipinski definition) is 4. The number of aliphatic hydroxyl groups is 4. The highest BCUT2D eigenvalue weighted by molar-refractivity contribution is 5.34. The quantitative estimate of drug-likeness (QED) is 0.129. The Kier molecular flexibility index (Phi) is 16.8. The Morgan fingerprint density at radius 2 is 0.516 bits per heavy atom. The van der Waals surface area contributed by atoms with Crippen molar-refractivity contribution in [3.8, 4) is 0 Å². The van der Waals surface area contributed by atoms with E-state index in [-0.39, 0.29) is 24.4 Å². The van der Waals surface area contributed by atoms with Gasteiger partial charge in [0.25, 0.3) is 0 Å². The molecule has 0 spiro atoms. The van der Waals surface area contributed by atoms with Crippen LogP contribution in [0.1, 0.15) is 99.9 Å². The van der Waals surface area contributed by atoms with Crippen LogP contribution in [0.15, 0.2) is 146 Å². The molecule has 0 aromatic heterocycles. The van der Waals surface area contributed by atoms with Gasteiger partial charge in [-0.2, -0.15) is 0 Å². The van der Waals surface area contributed by atoms with Crippen LogP contribution in [0.25, 0.3) is 0 Å². The molecule has 4 aliphatic rings. The third-order valence-electron chi connectivity index (χ3n) is 13.8. The van der Waals surface area contributed by atoms with Gasteiger partial charge < -0.3 is 39.4 Å². The first kappa shape index (κ1) is 50.5. The Bertz CT molecular complexity index is 1950. The lowest BCUT2D eigenvalue weighted by Gasteiger charge is -2.36. The highest BCUT2D eigenvalue weighted by atomic mass is 16.5. The highest BCUT2D eigenvalue weighted by Crippen LogP contribution is 2.34. The second kappa shape index (κ2) is 21.2. The number of hydrogen-bond acceptors (Lipinski definition) is 8. The molecule has 0 amide bonds. The Morgan fingerprint density at radius 3 is 0.672 bits per heavy atom. The molecule has 4 aliphatic heterocycles. The van der Waals surface area contributed by atoms with E-state index in [1.165, 1.54) is 44.5 Å². The molecule has 64 heavy (non-hydrogen) atoms. The molecule has 4 N–H and O–H groups in total. The Labute approximate surface area is 382 Å². The molecule has 0 aliphatic carbocycles. The van der Waals surface area contributed by atoms with Crippen LogP contribution in [-0.2, 0) is 71.1 Å². The second-order valence-electron chi connectivity index (χ2n) is 18.8. The number of ether oxygens (including phenoxy) is 4. The third kappa shape index (κ3) is 12.0. The Morgan fingerprint density at radius 1 is 0.359 bits per heavy atom. The van der Waals surface area contributed by atoms with Gasteiger partial charge in [0, 0.05) is 25.7 Å². The summed E-state index contributed by atoms with van der Waals surface area (Å²) >= 11 is 0. The lowest BCUT2D eigenvalue weighted by atomic mass is 9.85. The van der Waals surface area contributed by atoms with Crippen molar-refractivity contribution in [2.24, 2.45) is 0 Å². The van der Waals surface area contributed by atoms with Crippen molar-refractivity contribution in [3.63, 3.8) is 0 Å². The number of fused-ring (bicyclic) bond motifs is 4. The van der Waals surface area contributed by atoms with Gasteiger partial charge >= 0.3 is 0 Å². The van der Waals surface area contributed by atoms with Crippen LogP contribution in [0.4, 0.5) is 0 Å². The van der Waals surface area contributed by atoms with Gasteiger partial charge in [-0.3, -0.25) is 0 Å². The summed E-state index contributed by atoms with van der Waals surface area (Å²) in [6.07, 6.45) is 2.21. The van der Waals surface area contributed by atoms with Crippen LogP contribution in [-0.4, -0.2) is 67.2 Å². The molecule has 4 aromatic rings. The normalized spacial score (nSPS) is 23.3. The van der Waals surface area contributed by atoms with Gasteiger partial charge in [0.2, 0.25) is 0 Å². The van der Waals surface area contributed by atoms with Crippen LogP contribution in [0.2, 0.25) is 0 Å². The maximum atomic E-state index is 10.3. The summed E-state index contributed by atoms with van der Waals surface area (Å²) in [4.78, 5) is 0. The van der Waals surface area contributed by atoms with E-state index in [1.54, 1.807) is 27.7 Å². The van der Waals surface area contributed by atoms with Gasteiger partial charge in [-0.05, 0) is 122 Å². The Balaban J connectivity index is 0.000000161. The van der Waals surface area contributed by atoms with Gasteiger partial charge in [0.05, 0.1) is 50.8 Å². The molecule has 8 rings (SSSR count). The summed E-state index contributed by atoms with van der Waals surface area (Å²) in [5.41, 5.74) is 9.12. The van der Waals surface area contributed by atoms with Crippen molar-refractivity contribution in [2.45, 2.75) is 154 Å². The SMILES string of the molecule is C=C(C)[C@@](C)(O)[C@H]1Cc2ccccc2CO1.C=C(C)[C@@](C)(O)[C@H]1Cc2ccccc2CO1.C=C(C)[C@@](C)(O)[C@H]1Cc2ccccc2CO1.C=C(C)[C@@](C)(O)[C@H]1Cc2ccccc2CO1. The molecule has 0 fully saturated rings. The standard InChI is InChI=1S/4C14H18O2/c4*1-10(2)14(3,15)13-8-11-6-4-5-7-12(11)9-16-13/h4*4-7,13,15H,1,8-9H2,2-3H3/t4*13-,14-/m1111/s1. The van der Waals surface area contributed by atoms with E-state index < -0.39 is 22.4 Å². The summed E-state index contributed by atoms with van der Waals surface area (Å²) in [6, 6.07) is 32.8. The molecule has 8 atom stereocenters. The maximum Gasteiger partial charge on any atom is 0.109 e. The fraction of sp³-hybridized carbons (Fsp3) is 0.429. The molecule has 8 heteroatoms. The van der Waals surface area contributed by atoms with Crippen molar-refractivity contribution in [2.75, 3.05) is 0 Å². The molecule has 0 saturated heterocycles. The number of benzene rings is 4. The second-order valence-corrected chi connectivity index (χ2v) is 18.8. The van der Waals surface area contributed by atoms with Gasteiger partial charge in [-0.15, -0.1) is 0 Å². The zero-order valence-corrected chi connectivity index (χ0v) is 39.5. The molecular weight excluding hydrogens is 801 g/mol. The van der Waals surface area contributed by atoms with E-state index >= 15 is 0 Å². The van der Waals surface area contributed by atoms with E-state index in [9.17, 15) is 20.4 Å². The van der Waals surface area contributed by atoms with Crippen molar-refractivity contribution < 1.29 is 39.4 Å². The monoisotopic (exact) mass is 873 g/mol. The van der Waals surface area contributed by atoms with Crippen LogP contribution < -0.4 is 0 Å². The summed E-state index contributed by atoms with van der Waals surface area (Å²) in [5, 5.41) is 41.3. The lowest BCUT2D eigenvalue weighted by molar-refractivity contribution is -0.0907. The summed E-state index contributed by atoms with van der Waals surface area (Å²) in [5.74, 6) is 0. The predicted octanol–water partition coefficient (Wildman–Crippen LogP) is 9.82. The maximum absolute atomic E-state index is 10.3. The molecular formula is C56H72O8. The topological polar surface area (TPSA) is 118 Å². The van der Waals surface area contributed by atoms with E-state index in [1.807, 2.05) is 76.2 Å². The van der Waals surface area contributed by atoms with Crippen LogP contribution in [0.5, 0.6) is 0 Å². The first-order valence-corrected chi connectivity index (χ1v) is 22.3. The summed E-state index contributed by atoms with van der Waals surface area (Å²) in [7, 11) is 0. The molecule has 4 aromatic carbocycles. The molecule has 0 saturated carbocycles. The van der Waals surface area contributed by atoms with E-state index in [0.29, 0.717) is 26.4 Å². The zero-order valence-electron chi connectivity index (χ0n) is 39.5. The van der Waals surface area contributed by atoms with E-state index in [0.717, 1.165) is 48.0 Å². The summed E-state index contributed by atoms with van der Waals surface area (Å²) < 4.78 is 22.9. The smallest absolute Gasteiger partial charge is 0.109 e. The van der Waals surface area contributed by atoms with E-state index in [4.69, 9.17) is 18.9 Å². The lowest BCUT2D eigenvalue weighted by Crippen LogP contribution is -2.45. The fourth-order valence-electron chi connectivity index (χ4n) is 7.93. The first-order chi connectivity index (χ1) is 30.1. The number of rotatable bonds is 8. The fourth-order valence-corrected chi connectivity index (χ4v) is 7.93. The van der Waals surface area contributed by atoms with Gasteiger partial charge in [0.1, 0.15) is 22.4 Å². The van der Waals surface area contributed by atoms with Crippen LogP contribution in [0, 0.1) is 0 Å². The molecule has 0 unspecified atom stereocenters. The first-order valence-electron chi connectivity index (χ1n) is 22.3. The molecule has 0 radical (unpaired) electrons. The van der Waals surface area contributed by atoms with Crippen molar-refractivity contribution in [3.05, 3.63) is 190 Å². The van der Waals surface area contributed by atoms with Crippen LogP contribution >= 0.6 is 0 Å². The third-order valence-corrected chi connectivity index (χ3v) is 13.8. The largest absolute Gasteiger partial charge is 0.383 e. The van der Waals surface area contributed by atoms with Gasteiger partial charge in [-0.25, -0.2) is 0 Å². The van der Waals surface area contributed by atoms with Crippen molar-refractivity contribution in [1.29, 1.82) is 0 Å². The minimum atomic E-state index is -0.951.